The third-order valence-corrected chi connectivity index (χ3v) is 4.14. The topological polar surface area (TPSA) is 38.3 Å². The maximum absolute atomic E-state index is 13.9. The lowest BCUT2D eigenvalue weighted by molar-refractivity contribution is -0.143. The molecule has 1 N–H and O–H groups in total. The Morgan fingerprint density at radius 3 is 2.95 bits per heavy atom. The first-order valence-corrected chi connectivity index (χ1v) is 7.57. The Balaban J connectivity index is 2.22. The number of hydrogen-bond donors (Lipinski definition) is 1. The fourth-order valence-corrected chi connectivity index (χ4v) is 2.82. The van der Waals surface area contributed by atoms with Gasteiger partial charge in [0.15, 0.2) is 0 Å². The normalized spacial score (nSPS) is 12.2. The Hall–Kier alpha value is -1.24. The molecule has 0 fully saturated rings. The molecule has 0 bridgehead atoms. The third kappa shape index (κ3) is 3.65. The number of rotatable bonds is 5. The van der Waals surface area contributed by atoms with Crippen LogP contribution in [0.4, 0.5) is 4.39 Å². The summed E-state index contributed by atoms with van der Waals surface area (Å²) in [6.45, 7) is 0.476. The predicted molar refractivity (Wildman–Crippen MR) is 80.0 cm³/mol. The highest BCUT2D eigenvalue weighted by molar-refractivity contribution is 9.10. The molecule has 0 saturated heterocycles. The lowest BCUT2D eigenvalue weighted by Crippen LogP contribution is -2.29. The minimum atomic E-state index is -0.834. The van der Waals surface area contributed by atoms with Crippen LogP contribution in [0.3, 0.4) is 0 Å². The number of benzene rings is 1. The second kappa shape index (κ2) is 6.97. The maximum Gasteiger partial charge on any atom is 0.327 e. The van der Waals surface area contributed by atoms with Crippen LogP contribution in [0.15, 0.2) is 40.2 Å². The molecule has 2 aromatic rings. The molecule has 0 aliphatic rings. The van der Waals surface area contributed by atoms with Gasteiger partial charge in [-0.15, -0.1) is 11.3 Å². The number of ether oxygens (including phenoxy) is 1. The van der Waals surface area contributed by atoms with E-state index < -0.39 is 17.8 Å². The molecule has 106 valence electrons. The van der Waals surface area contributed by atoms with E-state index in [4.69, 9.17) is 4.74 Å². The van der Waals surface area contributed by atoms with Gasteiger partial charge in [-0.1, -0.05) is 22.0 Å². The van der Waals surface area contributed by atoms with Gasteiger partial charge >= 0.3 is 5.97 Å². The van der Waals surface area contributed by atoms with E-state index in [9.17, 15) is 9.18 Å². The molecule has 0 aliphatic carbocycles. The molecule has 0 aliphatic heterocycles. The summed E-state index contributed by atoms with van der Waals surface area (Å²) in [4.78, 5) is 12.9. The number of nitrogens with one attached hydrogen (secondary N) is 1. The van der Waals surface area contributed by atoms with Crippen LogP contribution >= 0.6 is 27.3 Å². The second-order valence-electron chi connectivity index (χ2n) is 4.08. The molecule has 0 spiro atoms. The van der Waals surface area contributed by atoms with Gasteiger partial charge in [0.1, 0.15) is 11.9 Å². The van der Waals surface area contributed by atoms with Crippen LogP contribution in [0.5, 0.6) is 0 Å². The van der Waals surface area contributed by atoms with Crippen LogP contribution in [0.1, 0.15) is 16.5 Å². The van der Waals surface area contributed by atoms with Crippen LogP contribution in [-0.2, 0) is 16.1 Å². The molecule has 1 unspecified atom stereocenters. The lowest BCUT2D eigenvalue weighted by Gasteiger charge is -2.17. The summed E-state index contributed by atoms with van der Waals surface area (Å²) in [5.74, 6) is -0.958. The zero-order valence-electron chi connectivity index (χ0n) is 10.7. The van der Waals surface area contributed by atoms with E-state index in [0.717, 1.165) is 4.88 Å². The molecule has 6 heteroatoms. The first-order valence-electron chi connectivity index (χ1n) is 5.90. The van der Waals surface area contributed by atoms with Gasteiger partial charge in [0.25, 0.3) is 0 Å². The SMILES string of the molecule is COC(=O)C(NCc1cccs1)c1cc(Br)ccc1F. The molecule has 0 saturated carbocycles. The third-order valence-electron chi connectivity index (χ3n) is 2.77. The van der Waals surface area contributed by atoms with Crippen molar-refractivity contribution in [2.24, 2.45) is 0 Å². The van der Waals surface area contributed by atoms with Crippen LogP contribution in [0.2, 0.25) is 0 Å². The maximum atomic E-state index is 13.9. The number of methoxy groups -OCH3 is 1. The first kappa shape index (κ1) is 15.2. The van der Waals surface area contributed by atoms with Crippen LogP contribution in [0.25, 0.3) is 0 Å². The number of esters is 1. The van der Waals surface area contributed by atoms with Crippen molar-refractivity contribution < 1.29 is 13.9 Å². The summed E-state index contributed by atoms with van der Waals surface area (Å²) in [7, 11) is 1.29. The van der Waals surface area contributed by atoms with Crippen molar-refractivity contribution in [3.63, 3.8) is 0 Å². The van der Waals surface area contributed by atoms with Crippen molar-refractivity contribution in [3.05, 3.63) is 56.4 Å². The molecule has 3 nitrogen and oxygen atoms in total. The Morgan fingerprint density at radius 1 is 1.50 bits per heavy atom. The van der Waals surface area contributed by atoms with E-state index in [1.165, 1.54) is 13.2 Å². The van der Waals surface area contributed by atoms with Gasteiger partial charge in [0.05, 0.1) is 7.11 Å². The van der Waals surface area contributed by atoms with E-state index in [1.54, 1.807) is 23.5 Å². The molecule has 1 heterocycles. The average molecular weight is 358 g/mol. The average Bonchev–Trinajstić information content (AvgIpc) is 2.95. The molecular formula is C14H13BrFNO2S. The summed E-state index contributed by atoms with van der Waals surface area (Å²) < 4.78 is 19.4. The zero-order chi connectivity index (χ0) is 14.5. The van der Waals surface area contributed by atoms with Gasteiger partial charge < -0.3 is 4.74 Å². The summed E-state index contributed by atoms with van der Waals surface area (Å²) in [5.41, 5.74) is 0.266. The first-order chi connectivity index (χ1) is 9.61. The van der Waals surface area contributed by atoms with Crippen molar-refractivity contribution in [2.75, 3.05) is 7.11 Å². The van der Waals surface area contributed by atoms with Gasteiger partial charge in [0, 0.05) is 21.5 Å². The number of hydrogen-bond acceptors (Lipinski definition) is 4. The summed E-state index contributed by atoms with van der Waals surface area (Å²) in [6.07, 6.45) is 0. The van der Waals surface area contributed by atoms with Crippen LogP contribution < -0.4 is 5.32 Å². The van der Waals surface area contributed by atoms with E-state index in [1.807, 2.05) is 17.5 Å². The monoisotopic (exact) mass is 357 g/mol. The van der Waals surface area contributed by atoms with Gasteiger partial charge in [-0.3, -0.25) is 5.32 Å². The lowest BCUT2D eigenvalue weighted by atomic mass is 10.1. The zero-order valence-corrected chi connectivity index (χ0v) is 13.1. The molecular weight excluding hydrogens is 345 g/mol. The second-order valence-corrected chi connectivity index (χ2v) is 6.03. The highest BCUT2D eigenvalue weighted by atomic mass is 79.9. The molecule has 0 amide bonds. The fourth-order valence-electron chi connectivity index (χ4n) is 1.79. The van der Waals surface area contributed by atoms with Crippen molar-refractivity contribution in [1.29, 1.82) is 0 Å². The van der Waals surface area contributed by atoms with Gasteiger partial charge in [0.2, 0.25) is 0 Å². The van der Waals surface area contributed by atoms with Gasteiger partial charge in [-0.25, -0.2) is 9.18 Å². The van der Waals surface area contributed by atoms with E-state index in [0.29, 0.717) is 11.0 Å². The number of halogens is 2. The Labute approximate surface area is 128 Å². The quantitative estimate of drug-likeness (QED) is 0.830. The molecule has 20 heavy (non-hydrogen) atoms. The van der Waals surface area contributed by atoms with E-state index >= 15 is 0 Å². The molecule has 1 atom stereocenters. The van der Waals surface area contributed by atoms with Crippen molar-refractivity contribution in [3.8, 4) is 0 Å². The Bertz CT molecular complexity index is 589. The van der Waals surface area contributed by atoms with Gasteiger partial charge in [-0.05, 0) is 29.6 Å². The Kier molecular flexibility index (Phi) is 5.28. The number of carbonyl (C=O) groups is 1. The fraction of sp³-hybridized carbons (Fsp3) is 0.214. The standard InChI is InChI=1S/C14H13BrFNO2S/c1-19-14(18)13(17-8-10-3-2-6-20-10)11-7-9(15)4-5-12(11)16/h2-7,13,17H,8H2,1H3. The van der Waals surface area contributed by atoms with Crippen molar-refractivity contribution in [2.45, 2.75) is 12.6 Å². The van der Waals surface area contributed by atoms with E-state index in [2.05, 4.69) is 21.2 Å². The smallest absolute Gasteiger partial charge is 0.327 e. The minimum absolute atomic E-state index is 0.266. The highest BCUT2D eigenvalue weighted by Gasteiger charge is 2.24. The van der Waals surface area contributed by atoms with Crippen molar-refractivity contribution >= 4 is 33.2 Å². The summed E-state index contributed by atoms with van der Waals surface area (Å²) in [6, 6.07) is 7.53. The van der Waals surface area contributed by atoms with Gasteiger partial charge in [-0.2, -0.15) is 0 Å². The highest BCUT2D eigenvalue weighted by Crippen LogP contribution is 2.23. The molecule has 2 rings (SSSR count). The van der Waals surface area contributed by atoms with Crippen LogP contribution in [0, 0.1) is 5.82 Å². The Morgan fingerprint density at radius 2 is 2.30 bits per heavy atom. The molecule has 1 aromatic heterocycles. The summed E-state index contributed by atoms with van der Waals surface area (Å²) >= 11 is 4.85. The number of thiophene rings is 1. The predicted octanol–water partition coefficient (Wildman–Crippen LogP) is 3.65. The van der Waals surface area contributed by atoms with Crippen molar-refractivity contribution in [1.82, 2.24) is 5.32 Å². The largest absolute Gasteiger partial charge is 0.468 e. The summed E-state index contributed by atoms with van der Waals surface area (Å²) in [5, 5.41) is 4.98. The number of carbonyl (C=O) groups excluding carboxylic acids is 1. The molecule has 0 radical (unpaired) electrons. The molecule has 1 aromatic carbocycles. The van der Waals surface area contributed by atoms with Crippen LogP contribution in [-0.4, -0.2) is 13.1 Å². The van der Waals surface area contributed by atoms with E-state index in [-0.39, 0.29) is 5.56 Å². The minimum Gasteiger partial charge on any atom is -0.468 e.